The molecule has 0 aliphatic heterocycles. The van der Waals surface area contributed by atoms with Crippen LogP contribution < -0.4 is 5.32 Å². The first-order valence-electron chi connectivity index (χ1n) is 16.5. The second kappa shape index (κ2) is 13.0. The fourth-order valence-corrected chi connectivity index (χ4v) is 8.88. The summed E-state index contributed by atoms with van der Waals surface area (Å²) in [6, 6.07) is 22.4. The van der Waals surface area contributed by atoms with Gasteiger partial charge >= 0.3 is 0 Å². The number of hydrogen-bond acceptors (Lipinski definition) is 4. The second-order valence-corrected chi connectivity index (χ2v) is 13.8. The molecule has 3 aromatic rings. The van der Waals surface area contributed by atoms with Crippen LogP contribution in [0.3, 0.4) is 0 Å². The minimum atomic E-state index is -1.02. The lowest BCUT2D eigenvalue weighted by atomic mass is 9.51. The van der Waals surface area contributed by atoms with Crippen molar-refractivity contribution < 1.29 is 24.2 Å². The first-order chi connectivity index (χ1) is 21.6. The molecule has 45 heavy (non-hydrogen) atoms. The fraction of sp³-hybridized carbons (Fsp3) is 0.474. The van der Waals surface area contributed by atoms with E-state index in [-0.39, 0.29) is 41.2 Å². The average Bonchev–Trinajstić information content (AvgIpc) is 3.31. The maximum absolute atomic E-state index is 16.1. The fourth-order valence-electron chi connectivity index (χ4n) is 8.88. The van der Waals surface area contributed by atoms with E-state index in [4.69, 9.17) is 0 Å². The van der Waals surface area contributed by atoms with E-state index in [0.29, 0.717) is 30.8 Å². The number of anilines is 1. The number of aliphatic hydroxyl groups excluding tert-OH is 1. The molecule has 0 aromatic heterocycles. The second-order valence-electron chi connectivity index (χ2n) is 13.8. The summed E-state index contributed by atoms with van der Waals surface area (Å²) >= 11 is 0. The number of halogens is 1. The highest BCUT2D eigenvalue weighted by atomic mass is 19.1. The highest BCUT2D eigenvalue weighted by molar-refractivity contribution is 5.95. The Bertz CT molecular complexity index is 1510. The van der Waals surface area contributed by atoms with Crippen LogP contribution in [0.15, 0.2) is 72.8 Å². The number of nitrogens with zero attached hydrogens (tertiary/aromatic N) is 1. The highest BCUT2D eigenvalue weighted by Gasteiger charge is 2.59. The smallest absolute Gasteiger partial charge is 0.254 e. The summed E-state index contributed by atoms with van der Waals surface area (Å²) in [5, 5.41) is 24.0. The number of carbonyl (C=O) groups excluding carboxylic acids is 2. The Labute approximate surface area is 265 Å². The van der Waals surface area contributed by atoms with Crippen molar-refractivity contribution in [3.8, 4) is 5.75 Å². The molecule has 3 aromatic carbocycles. The molecule has 0 radical (unpaired) electrons. The van der Waals surface area contributed by atoms with E-state index in [9.17, 15) is 19.8 Å². The third-order valence-corrected chi connectivity index (χ3v) is 11.0. The van der Waals surface area contributed by atoms with Crippen LogP contribution in [0, 0.1) is 23.2 Å². The predicted octanol–water partition coefficient (Wildman–Crippen LogP) is 7.25. The lowest BCUT2D eigenvalue weighted by Gasteiger charge is -2.54. The predicted molar refractivity (Wildman–Crippen MR) is 174 cm³/mol. The normalized spacial score (nSPS) is 28.4. The van der Waals surface area contributed by atoms with Gasteiger partial charge in [0.1, 0.15) is 11.9 Å². The van der Waals surface area contributed by atoms with Crippen molar-refractivity contribution in [3.63, 3.8) is 0 Å². The minimum absolute atomic E-state index is 0.0568. The third kappa shape index (κ3) is 6.37. The largest absolute Gasteiger partial charge is 0.508 e. The van der Waals surface area contributed by atoms with Gasteiger partial charge in [-0.05, 0) is 115 Å². The summed E-state index contributed by atoms with van der Waals surface area (Å²) in [7, 11) is 0. The van der Waals surface area contributed by atoms with Crippen molar-refractivity contribution in [1.82, 2.24) is 4.90 Å². The van der Waals surface area contributed by atoms with Crippen LogP contribution in [0.4, 0.5) is 10.1 Å². The van der Waals surface area contributed by atoms with Crippen LogP contribution in [0.2, 0.25) is 0 Å². The number of nitrogens with one attached hydrogen (secondary N) is 1. The van der Waals surface area contributed by atoms with E-state index in [0.717, 1.165) is 55.2 Å². The van der Waals surface area contributed by atoms with Gasteiger partial charge in [-0.15, -0.1) is 0 Å². The molecule has 3 aliphatic carbocycles. The SMILES string of the molecule is CC(=O)Nc1ccc(C(=O)N(CCCC[C@@H]2Cc3cc(O)ccc3[C@@H]3[C@@H]2[C@@H]2CC[C@H](O)[C@@]2(C)C[C@@H]3F)Cc2ccccc2)cc1. The van der Waals surface area contributed by atoms with Crippen molar-refractivity contribution in [3.05, 3.63) is 95.1 Å². The monoisotopic (exact) mass is 612 g/mol. The van der Waals surface area contributed by atoms with E-state index < -0.39 is 17.7 Å². The van der Waals surface area contributed by atoms with Gasteiger partial charge in [0.2, 0.25) is 5.91 Å². The Kier molecular flexibility index (Phi) is 9.00. The molecule has 2 saturated carbocycles. The van der Waals surface area contributed by atoms with Gasteiger partial charge in [-0.3, -0.25) is 9.59 Å². The lowest BCUT2D eigenvalue weighted by Crippen LogP contribution is -2.51. The zero-order valence-corrected chi connectivity index (χ0v) is 26.3. The topological polar surface area (TPSA) is 89.9 Å². The van der Waals surface area contributed by atoms with E-state index in [1.54, 1.807) is 30.3 Å². The van der Waals surface area contributed by atoms with Crippen LogP contribution in [0.1, 0.15) is 85.3 Å². The van der Waals surface area contributed by atoms with Crippen molar-refractivity contribution in [2.24, 2.45) is 23.2 Å². The maximum atomic E-state index is 16.1. The molecule has 0 saturated heterocycles. The molecule has 238 valence electrons. The minimum Gasteiger partial charge on any atom is -0.508 e. The third-order valence-electron chi connectivity index (χ3n) is 11.0. The number of phenolic OH excluding ortho intramolecular Hbond substituents is 1. The Hall–Kier alpha value is -3.71. The number of aromatic hydroxyl groups is 1. The van der Waals surface area contributed by atoms with Crippen molar-refractivity contribution in [2.45, 2.75) is 83.5 Å². The molecule has 3 aliphatic rings. The molecule has 7 heteroatoms. The quantitative estimate of drug-likeness (QED) is 0.222. The lowest BCUT2D eigenvalue weighted by molar-refractivity contribution is -0.114. The average molecular weight is 613 g/mol. The zero-order valence-electron chi connectivity index (χ0n) is 26.3. The molecule has 0 heterocycles. The number of benzene rings is 3. The van der Waals surface area contributed by atoms with Crippen LogP contribution in [-0.4, -0.2) is 45.7 Å². The molecular formula is C38H45FN2O4. The van der Waals surface area contributed by atoms with Crippen molar-refractivity contribution >= 4 is 17.5 Å². The highest BCUT2D eigenvalue weighted by Crippen LogP contribution is 2.63. The Morgan fingerprint density at radius 3 is 2.51 bits per heavy atom. The number of fused-ring (bicyclic) bond motifs is 5. The number of unbranched alkanes of at least 4 members (excludes halogenated alkanes) is 1. The van der Waals surface area contributed by atoms with Crippen LogP contribution >= 0.6 is 0 Å². The zero-order chi connectivity index (χ0) is 31.7. The van der Waals surface area contributed by atoms with Gasteiger partial charge in [-0.25, -0.2) is 4.39 Å². The van der Waals surface area contributed by atoms with Gasteiger partial charge in [0, 0.05) is 37.2 Å². The van der Waals surface area contributed by atoms with Crippen LogP contribution in [0.5, 0.6) is 5.75 Å². The Morgan fingerprint density at radius 1 is 1.02 bits per heavy atom. The summed E-state index contributed by atoms with van der Waals surface area (Å²) in [6.07, 6.45) is 3.97. The van der Waals surface area contributed by atoms with Gasteiger partial charge in [-0.1, -0.05) is 49.7 Å². The molecule has 2 amide bonds. The molecule has 7 atom stereocenters. The van der Waals surface area contributed by atoms with Crippen molar-refractivity contribution in [1.29, 1.82) is 0 Å². The van der Waals surface area contributed by atoms with Gasteiger partial charge in [-0.2, -0.15) is 0 Å². The van der Waals surface area contributed by atoms with Gasteiger partial charge < -0.3 is 20.4 Å². The number of hydrogen-bond donors (Lipinski definition) is 3. The molecule has 2 fully saturated rings. The molecular weight excluding hydrogens is 567 g/mol. The number of carbonyl (C=O) groups is 2. The molecule has 0 unspecified atom stereocenters. The van der Waals surface area contributed by atoms with Gasteiger partial charge in [0.15, 0.2) is 0 Å². The van der Waals surface area contributed by atoms with Gasteiger partial charge in [0.05, 0.1) is 6.10 Å². The molecule has 6 nitrogen and oxygen atoms in total. The Morgan fingerprint density at radius 2 is 1.78 bits per heavy atom. The summed E-state index contributed by atoms with van der Waals surface area (Å²) in [5.74, 6) is 0.465. The van der Waals surface area contributed by atoms with E-state index in [2.05, 4.69) is 12.2 Å². The van der Waals surface area contributed by atoms with E-state index in [1.165, 1.54) is 6.92 Å². The summed E-state index contributed by atoms with van der Waals surface area (Å²) in [6.45, 7) is 4.63. The van der Waals surface area contributed by atoms with Crippen molar-refractivity contribution in [2.75, 3.05) is 11.9 Å². The number of phenols is 1. The summed E-state index contributed by atoms with van der Waals surface area (Å²) in [5.41, 5.74) is 3.97. The molecule has 3 N–H and O–H groups in total. The standard InChI is InChI=1S/C38H45FN2O4/c1-24(42)40-29-13-11-26(12-14-29)37(45)41(23-25-8-4-3-5-9-25)19-7-6-10-27-20-28-21-30(43)15-16-31(28)36-33(39)22-38(2)32(35(27)36)17-18-34(38)44/h3-5,8-9,11-16,21,27,32-36,43-44H,6-7,10,17-20,22-23H2,1-2H3,(H,40,42)/t27-,32+,33+,34+,35+,36+,38+/m1/s1. The number of amides is 2. The van der Waals surface area contributed by atoms with E-state index in [1.807, 2.05) is 47.4 Å². The molecule has 0 bridgehead atoms. The Balaban J connectivity index is 1.18. The summed E-state index contributed by atoms with van der Waals surface area (Å²) in [4.78, 5) is 27.0. The maximum Gasteiger partial charge on any atom is 0.254 e. The number of alkyl halides is 1. The molecule has 6 rings (SSSR count). The van der Waals surface area contributed by atoms with Crippen LogP contribution in [-0.2, 0) is 17.8 Å². The number of rotatable bonds is 9. The summed E-state index contributed by atoms with van der Waals surface area (Å²) < 4.78 is 16.1. The number of aliphatic hydroxyl groups is 1. The molecule has 0 spiro atoms. The van der Waals surface area contributed by atoms with Crippen LogP contribution in [0.25, 0.3) is 0 Å². The first kappa shape index (κ1) is 31.3. The van der Waals surface area contributed by atoms with E-state index >= 15 is 4.39 Å². The first-order valence-corrected chi connectivity index (χ1v) is 16.5. The van der Waals surface area contributed by atoms with Gasteiger partial charge in [0.25, 0.3) is 5.91 Å².